The second-order valence-electron chi connectivity index (χ2n) is 9.25. The molecule has 3 aromatic carbocycles. The van der Waals surface area contributed by atoms with Gasteiger partial charge < -0.3 is 10.1 Å². The van der Waals surface area contributed by atoms with Gasteiger partial charge in [0.25, 0.3) is 0 Å². The molecule has 0 amide bonds. The summed E-state index contributed by atoms with van der Waals surface area (Å²) in [4.78, 5) is 7.11. The third kappa shape index (κ3) is 5.32. The molecule has 6 nitrogen and oxygen atoms in total. The van der Waals surface area contributed by atoms with Gasteiger partial charge in [-0.1, -0.05) is 36.4 Å². The maximum absolute atomic E-state index is 13.4. The summed E-state index contributed by atoms with van der Waals surface area (Å²) in [7, 11) is 0. The molecule has 7 heteroatoms. The lowest BCUT2D eigenvalue weighted by Crippen LogP contribution is -2.25. The molecule has 1 aliphatic heterocycles. The zero-order valence-corrected chi connectivity index (χ0v) is 20.5. The molecule has 1 fully saturated rings. The minimum absolute atomic E-state index is 0.244. The first kappa shape index (κ1) is 23.2. The van der Waals surface area contributed by atoms with E-state index in [4.69, 9.17) is 9.84 Å². The van der Waals surface area contributed by atoms with E-state index in [0.29, 0.717) is 12.6 Å². The summed E-state index contributed by atoms with van der Waals surface area (Å²) in [5, 5.41) is 8.02. The molecule has 186 valence electrons. The van der Waals surface area contributed by atoms with Gasteiger partial charge in [-0.3, -0.25) is 4.90 Å². The van der Waals surface area contributed by atoms with Crippen LogP contribution >= 0.6 is 0 Å². The number of hydrogen-bond donors (Lipinski definition) is 1. The quantitative estimate of drug-likeness (QED) is 0.270. The van der Waals surface area contributed by atoms with Crippen LogP contribution in [0.2, 0.25) is 0 Å². The van der Waals surface area contributed by atoms with Gasteiger partial charge in [-0.25, -0.2) is 8.91 Å². The lowest BCUT2D eigenvalue weighted by Gasteiger charge is -2.15. The fourth-order valence-corrected chi connectivity index (χ4v) is 4.74. The Balaban J connectivity index is 1.18. The van der Waals surface area contributed by atoms with E-state index in [9.17, 15) is 4.39 Å². The van der Waals surface area contributed by atoms with Crippen LogP contribution in [0.4, 0.5) is 16.0 Å². The number of rotatable bonds is 8. The summed E-state index contributed by atoms with van der Waals surface area (Å²) < 4.78 is 21.1. The minimum Gasteiger partial charge on any atom is -0.492 e. The molecule has 0 radical (unpaired) electrons. The summed E-state index contributed by atoms with van der Waals surface area (Å²) in [5.41, 5.74) is 5.52. The molecule has 0 unspecified atom stereocenters. The number of aromatic nitrogens is 3. The van der Waals surface area contributed by atoms with Gasteiger partial charge >= 0.3 is 0 Å². The number of likely N-dealkylation sites (tertiary alicyclic amines) is 1. The minimum atomic E-state index is -0.244. The molecular weight excluding hydrogens is 465 g/mol. The molecule has 5 aromatic rings. The lowest BCUT2D eigenvalue weighted by atomic mass is 10.0. The summed E-state index contributed by atoms with van der Waals surface area (Å²) in [6.07, 6.45) is 2.59. The normalized spacial score (nSPS) is 13.8. The second kappa shape index (κ2) is 10.4. The van der Waals surface area contributed by atoms with Crippen LogP contribution in [0.15, 0.2) is 91.0 Å². The van der Waals surface area contributed by atoms with Crippen LogP contribution in [0, 0.1) is 5.82 Å². The van der Waals surface area contributed by atoms with Crippen LogP contribution in [-0.2, 0) is 0 Å². The predicted molar refractivity (Wildman–Crippen MR) is 145 cm³/mol. The van der Waals surface area contributed by atoms with Gasteiger partial charge in [0.15, 0.2) is 5.65 Å². The maximum Gasteiger partial charge on any atom is 0.247 e. The van der Waals surface area contributed by atoms with Crippen molar-refractivity contribution >= 4 is 17.3 Å². The molecule has 0 bridgehead atoms. The van der Waals surface area contributed by atoms with Crippen LogP contribution < -0.4 is 10.1 Å². The lowest BCUT2D eigenvalue weighted by molar-refractivity contribution is 0.238. The molecule has 3 heterocycles. The molecule has 37 heavy (non-hydrogen) atoms. The Kier molecular flexibility index (Phi) is 6.52. The van der Waals surface area contributed by atoms with Crippen molar-refractivity contribution < 1.29 is 9.13 Å². The van der Waals surface area contributed by atoms with Crippen LogP contribution in [0.1, 0.15) is 12.8 Å². The van der Waals surface area contributed by atoms with Gasteiger partial charge in [0.2, 0.25) is 5.95 Å². The van der Waals surface area contributed by atoms with E-state index in [2.05, 4.69) is 21.3 Å². The molecule has 2 aromatic heterocycles. The summed E-state index contributed by atoms with van der Waals surface area (Å²) >= 11 is 0. The van der Waals surface area contributed by atoms with Crippen LogP contribution in [0.25, 0.3) is 28.0 Å². The smallest absolute Gasteiger partial charge is 0.247 e. The van der Waals surface area contributed by atoms with Crippen molar-refractivity contribution in [3.8, 4) is 28.1 Å². The van der Waals surface area contributed by atoms with Crippen molar-refractivity contribution in [1.82, 2.24) is 19.5 Å². The van der Waals surface area contributed by atoms with E-state index in [0.717, 1.165) is 46.0 Å². The van der Waals surface area contributed by atoms with Crippen molar-refractivity contribution in [3.05, 3.63) is 96.8 Å². The molecule has 0 saturated carbocycles. The third-order valence-electron chi connectivity index (χ3n) is 6.68. The van der Waals surface area contributed by atoms with Crippen LogP contribution in [-0.4, -0.2) is 45.7 Å². The van der Waals surface area contributed by atoms with Crippen molar-refractivity contribution in [1.29, 1.82) is 0 Å². The zero-order valence-electron chi connectivity index (χ0n) is 20.5. The number of hydrogen-bond acceptors (Lipinski definition) is 5. The number of benzene rings is 3. The molecule has 0 aliphatic carbocycles. The highest BCUT2D eigenvalue weighted by Crippen LogP contribution is 2.28. The Labute approximate surface area is 215 Å². The van der Waals surface area contributed by atoms with Gasteiger partial charge in [0.05, 0.1) is 5.69 Å². The first-order valence-corrected chi connectivity index (χ1v) is 12.7. The molecule has 1 N–H and O–H groups in total. The van der Waals surface area contributed by atoms with Crippen LogP contribution in [0.3, 0.4) is 0 Å². The van der Waals surface area contributed by atoms with Gasteiger partial charge in [-0.15, -0.1) is 5.10 Å². The number of pyridine rings is 1. The molecule has 0 spiro atoms. The van der Waals surface area contributed by atoms with Crippen molar-refractivity contribution in [3.63, 3.8) is 0 Å². The highest BCUT2D eigenvalue weighted by molar-refractivity contribution is 5.73. The van der Waals surface area contributed by atoms with E-state index < -0.39 is 0 Å². The Bertz CT molecular complexity index is 1490. The van der Waals surface area contributed by atoms with Gasteiger partial charge in [0.1, 0.15) is 18.2 Å². The van der Waals surface area contributed by atoms with E-state index in [-0.39, 0.29) is 5.82 Å². The standard InChI is InChI=1S/C30H28FN5O/c31-25-11-9-22(10-12-25)23-5-3-6-24(21-23)28-7-4-8-29-33-30(34-36(28)29)32-26-13-15-27(16-14-26)37-20-19-35-17-1-2-18-35/h3-16,21H,1-2,17-20H2,(H,32,34). The largest absolute Gasteiger partial charge is 0.492 e. The third-order valence-corrected chi connectivity index (χ3v) is 6.68. The van der Waals surface area contributed by atoms with Gasteiger partial charge in [-0.05, 0) is 91.7 Å². The molecule has 0 atom stereocenters. The Morgan fingerprint density at radius 1 is 0.811 bits per heavy atom. The Hall–Kier alpha value is -4.23. The molecule has 1 aliphatic rings. The average molecular weight is 494 g/mol. The number of nitrogens with zero attached hydrogens (tertiary/aromatic N) is 4. The monoisotopic (exact) mass is 493 g/mol. The average Bonchev–Trinajstić information content (AvgIpc) is 3.60. The fraction of sp³-hybridized carbons (Fsp3) is 0.200. The van der Waals surface area contributed by atoms with E-state index >= 15 is 0 Å². The highest BCUT2D eigenvalue weighted by atomic mass is 19.1. The molecule has 6 rings (SSSR count). The van der Waals surface area contributed by atoms with E-state index in [1.165, 1.54) is 38.1 Å². The highest BCUT2D eigenvalue weighted by Gasteiger charge is 2.12. The Morgan fingerprint density at radius 2 is 1.57 bits per heavy atom. The predicted octanol–water partition coefficient (Wildman–Crippen LogP) is 6.42. The molecule has 1 saturated heterocycles. The van der Waals surface area contributed by atoms with Crippen molar-refractivity contribution in [2.75, 3.05) is 31.6 Å². The topological polar surface area (TPSA) is 54.7 Å². The van der Waals surface area contributed by atoms with Crippen molar-refractivity contribution in [2.45, 2.75) is 12.8 Å². The number of fused-ring (bicyclic) bond motifs is 1. The Morgan fingerprint density at radius 3 is 2.38 bits per heavy atom. The number of ether oxygens (including phenoxy) is 1. The maximum atomic E-state index is 13.4. The number of nitrogens with one attached hydrogen (secondary N) is 1. The van der Waals surface area contributed by atoms with Gasteiger partial charge in [0, 0.05) is 17.8 Å². The number of halogens is 1. The van der Waals surface area contributed by atoms with Crippen LogP contribution in [0.5, 0.6) is 5.75 Å². The van der Waals surface area contributed by atoms with Gasteiger partial charge in [-0.2, -0.15) is 4.98 Å². The zero-order chi connectivity index (χ0) is 25.0. The summed E-state index contributed by atoms with van der Waals surface area (Å²) in [5.74, 6) is 1.13. The first-order chi connectivity index (χ1) is 18.2. The second-order valence-corrected chi connectivity index (χ2v) is 9.25. The van der Waals surface area contributed by atoms with Crippen molar-refractivity contribution in [2.24, 2.45) is 0 Å². The van der Waals surface area contributed by atoms with E-state index in [1.807, 2.05) is 65.2 Å². The molecular formula is C30H28FN5O. The number of anilines is 2. The van der Waals surface area contributed by atoms with E-state index in [1.54, 1.807) is 12.1 Å². The fourth-order valence-electron chi connectivity index (χ4n) is 4.74. The summed E-state index contributed by atoms with van der Waals surface area (Å²) in [6.45, 7) is 4.03. The SMILES string of the molecule is Fc1ccc(-c2cccc(-c3cccc4nc(Nc5ccc(OCCN6CCCC6)cc5)nn34)c2)cc1. The first-order valence-electron chi connectivity index (χ1n) is 12.7. The summed E-state index contributed by atoms with van der Waals surface area (Å²) in [6, 6.07) is 28.5.